The number of carboxylic acids is 1. The standard InChI is InChI=1S/C17H20N2O5/c1-17(2,3)24-16(22)19-12(9-11-7-5-4-6-8-11)14-18-13(10-23-14)15(20)21/h4-8,10,12H,9H2,1-3H3,(H,19,22)(H,20,21). The molecule has 1 aromatic carbocycles. The largest absolute Gasteiger partial charge is 0.476 e. The van der Waals surface area contributed by atoms with Gasteiger partial charge in [-0.3, -0.25) is 0 Å². The fourth-order valence-corrected chi connectivity index (χ4v) is 2.05. The monoisotopic (exact) mass is 332 g/mol. The van der Waals surface area contributed by atoms with Crippen LogP contribution in [0.5, 0.6) is 0 Å². The van der Waals surface area contributed by atoms with Gasteiger partial charge in [-0.1, -0.05) is 30.3 Å². The number of carbonyl (C=O) groups excluding carboxylic acids is 1. The number of carbonyl (C=O) groups is 2. The van der Waals surface area contributed by atoms with Crippen molar-refractivity contribution in [3.05, 3.63) is 53.7 Å². The highest BCUT2D eigenvalue weighted by Gasteiger charge is 2.25. The SMILES string of the molecule is CC(C)(C)OC(=O)NC(Cc1ccccc1)c1nc(C(=O)O)co1. The zero-order valence-electron chi connectivity index (χ0n) is 13.8. The van der Waals surface area contributed by atoms with Crippen LogP contribution in [-0.4, -0.2) is 27.8 Å². The van der Waals surface area contributed by atoms with Crippen molar-refractivity contribution in [3.8, 4) is 0 Å². The molecule has 0 aliphatic rings. The number of aromatic carboxylic acids is 1. The van der Waals surface area contributed by atoms with Gasteiger partial charge in [-0.2, -0.15) is 0 Å². The number of oxazole rings is 1. The van der Waals surface area contributed by atoms with Crippen LogP contribution in [0, 0.1) is 0 Å². The summed E-state index contributed by atoms with van der Waals surface area (Å²) in [4.78, 5) is 26.9. The second-order valence-electron chi connectivity index (χ2n) is 6.26. The van der Waals surface area contributed by atoms with E-state index in [2.05, 4.69) is 10.3 Å². The zero-order chi connectivity index (χ0) is 17.7. The summed E-state index contributed by atoms with van der Waals surface area (Å²) in [6.07, 6.45) is 0.810. The molecule has 7 heteroatoms. The molecule has 1 atom stereocenters. The predicted octanol–water partition coefficient (Wildman–Crippen LogP) is 3.18. The van der Waals surface area contributed by atoms with Gasteiger partial charge in [0.1, 0.15) is 17.9 Å². The fraction of sp³-hybridized carbons (Fsp3) is 0.353. The number of nitrogens with zero attached hydrogens (tertiary/aromatic N) is 1. The van der Waals surface area contributed by atoms with Crippen molar-refractivity contribution < 1.29 is 23.8 Å². The van der Waals surface area contributed by atoms with E-state index >= 15 is 0 Å². The van der Waals surface area contributed by atoms with E-state index in [0.717, 1.165) is 11.8 Å². The number of nitrogens with one attached hydrogen (secondary N) is 1. The molecule has 24 heavy (non-hydrogen) atoms. The fourth-order valence-electron chi connectivity index (χ4n) is 2.05. The summed E-state index contributed by atoms with van der Waals surface area (Å²) >= 11 is 0. The summed E-state index contributed by atoms with van der Waals surface area (Å²) in [5.74, 6) is -1.08. The highest BCUT2D eigenvalue weighted by molar-refractivity contribution is 5.84. The number of benzene rings is 1. The second-order valence-corrected chi connectivity index (χ2v) is 6.26. The Kier molecular flexibility index (Phi) is 5.23. The maximum atomic E-state index is 12.1. The van der Waals surface area contributed by atoms with Crippen molar-refractivity contribution in [1.82, 2.24) is 10.3 Å². The van der Waals surface area contributed by atoms with E-state index in [4.69, 9.17) is 14.3 Å². The topological polar surface area (TPSA) is 102 Å². The summed E-state index contributed by atoms with van der Waals surface area (Å²) in [6, 6.07) is 8.77. The van der Waals surface area contributed by atoms with Gasteiger partial charge in [-0.05, 0) is 26.3 Å². The molecular weight excluding hydrogens is 312 g/mol. The molecule has 1 heterocycles. The van der Waals surface area contributed by atoms with Crippen LogP contribution in [0.3, 0.4) is 0 Å². The third kappa shape index (κ3) is 5.12. The van der Waals surface area contributed by atoms with Gasteiger partial charge < -0.3 is 19.6 Å². The first-order valence-corrected chi connectivity index (χ1v) is 7.47. The van der Waals surface area contributed by atoms with E-state index < -0.39 is 23.7 Å². The normalized spacial score (nSPS) is 12.5. The summed E-state index contributed by atoms with van der Waals surface area (Å²) in [5.41, 5.74) is 0.0761. The minimum absolute atomic E-state index is 0.113. The van der Waals surface area contributed by atoms with E-state index in [1.807, 2.05) is 30.3 Å². The van der Waals surface area contributed by atoms with Crippen molar-refractivity contribution in [2.45, 2.75) is 38.8 Å². The third-order valence-corrected chi connectivity index (χ3v) is 3.01. The summed E-state index contributed by atoms with van der Waals surface area (Å²) in [6.45, 7) is 5.27. The Morgan fingerprint density at radius 3 is 2.50 bits per heavy atom. The lowest BCUT2D eigenvalue weighted by molar-refractivity contribution is 0.0495. The molecule has 0 bridgehead atoms. The Morgan fingerprint density at radius 2 is 1.96 bits per heavy atom. The minimum atomic E-state index is -1.19. The van der Waals surface area contributed by atoms with Gasteiger partial charge in [0.05, 0.1) is 0 Å². The van der Waals surface area contributed by atoms with Crippen LogP contribution < -0.4 is 5.32 Å². The lowest BCUT2D eigenvalue weighted by Crippen LogP contribution is -2.36. The number of hydrogen-bond acceptors (Lipinski definition) is 5. The second kappa shape index (κ2) is 7.16. The molecular formula is C17H20N2O5. The first kappa shape index (κ1) is 17.5. The number of hydrogen-bond donors (Lipinski definition) is 2. The molecule has 2 rings (SSSR count). The first-order chi connectivity index (χ1) is 11.2. The smallest absolute Gasteiger partial charge is 0.408 e. The Morgan fingerprint density at radius 1 is 1.29 bits per heavy atom. The Hall–Kier alpha value is -2.83. The Bertz CT molecular complexity index is 703. The Balaban J connectivity index is 2.20. The molecule has 1 aromatic heterocycles. The number of ether oxygens (including phenoxy) is 1. The van der Waals surface area contributed by atoms with Crippen LogP contribution >= 0.6 is 0 Å². The molecule has 0 radical (unpaired) electrons. The van der Waals surface area contributed by atoms with Crippen LogP contribution in [-0.2, 0) is 11.2 Å². The molecule has 0 spiro atoms. The number of carboxylic acid groups (broad SMARTS) is 1. The molecule has 2 aromatic rings. The molecule has 0 fully saturated rings. The molecule has 2 N–H and O–H groups in total. The predicted molar refractivity (Wildman–Crippen MR) is 85.7 cm³/mol. The minimum Gasteiger partial charge on any atom is -0.476 e. The number of amides is 1. The lowest BCUT2D eigenvalue weighted by Gasteiger charge is -2.22. The average Bonchev–Trinajstić information content (AvgIpc) is 2.95. The quantitative estimate of drug-likeness (QED) is 0.872. The summed E-state index contributed by atoms with van der Waals surface area (Å²) < 4.78 is 10.5. The number of alkyl carbamates (subject to hydrolysis) is 1. The van der Waals surface area contributed by atoms with Gasteiger partial charge in [0, 0.05) is 6.42 Å². The first-order valence-electron chi connectivity index (χ1n) is 7.47. The van der Waals surface area contributed by atoms with Gasteiger partial charge in [0.2, 0.25) is 5.89 Å². The molecule has 0 saturated carbocycles. The van der Waals surface area contributed by atoms with E-state index in [1.165, 1.54) is 0 Å². The van der Waals surface area contributed by atoms with Crippen LogP contribution in [0.4, 0.5) is 4.79 Å². The van der Waals surface area contributed by atoms with Crippen LogP contribution in [0.1, 0.15) is 48.8 Å². The zero-order valence-corrected chi connectivity index (χ0v) is 13.8. The van der Waals surface area contributed by atoms with Crippen molar-refractivity contribution in [3.63, 3.8) is 0 Å². The van der Waals surface area contributed by atoms with E-state index in [0.29, 0.717) is 6.42 Å². The molecule has 7 nitrogen and oxygen atoms in total. The molecule has 1 amide bonds. The van der Waals surface area contributed by atoms with Crippen LogP contribution in [0.2, 0.25) is 0 Å². The summed E-state index contributed by atoms with van der Waals surface area (Å²) in [5, 5.41) is 11.7. The van der Waals surface area contributed by atoms with Crippen molar-refractivity contribution >= 4 is 12.1 Å². The van der Waals surface area contributed by atoms with E-state index in [1.54, 1.807) is 20.8 Å². The maximum Gasteiger partial charge on any atom is 0.408 e. The van der Waals surface area contributed by atoms with E-state index in [9.17, 15) is 9.59 Å². The van der Waals surface area contributed by atoms with Gasteiger partial charge in [-0.15, -0.1) is 0 Å². The van der Waals surface area contributed by atoms with Crippen LogP contribution in [0.15, 0.2) is 41.0 Å². The van der Waals surface area contributed by atoms with Crippen molar-refractivity contribution in [2.75, 3.05) is 0 Å². The lowest BCUT2D eigenvalue weighted by atomic mass is 10.1. The third-order valence-electron chi connectivity index (χ3n) is 3.01. The van der Waals surface area contributed by atoms with Gasteiger partial charge in [0.25, 0.3) is 0 Å². The highest BCUT2D eigenvalue weighted by Crippen LogP contribution is 2.19. The van der Waals surface area contributed by atoms with Gasteiger partial charge >= 0.3 is 12.1 Å². The average molecular weight is 332 g/mol. The number of rotatable bonds is 5. The van der Waals surface area contributed by atoms with E-state index in [-0.39, 0.29) is 11.6 Å². The molecule has 128 valence electrons. The van der Waals surface area contributed by atoms with Gasteiger partial charge in [0.15, 0.2) is 5.69 Å². The maximum absolute atomic E-state index is 12.1. The molecule has 0 saturated heterocycles. The molecule has 0 aliphatic carbocycles. The van der Waals surface area contributed by atoms with Crippen molar-refractivity contribution in [2.24, 2.45) is 0 Å². The number of aromatic nitrogens is 1. The summed E-state index contributed by atoms with van der Waals surface area (Å²) in [7, 11) is 0. The molecule has 1 unspecified atom stereocenters. The Labute approximate surface area is 139 Å². The highest BCUT2D eigenvalue weighted by atomic mass is 16.6. The van der Waals surface area contributed by atoms with Crippen molar-refractivity contribution in [1.29, 1.82) is 0 Å². The van der Waals surface area contributed by atoms with Crippen LogP contribution in [0.25, 0.3) is 0 Å². The molecule has 0 aliphatic heterocycles. The van der Waals surface area contributed by atoms with Gasteiger partial charge in [-0.25, -0.2) is 14.6 Å².